The summed E-state index contributed by atoms with van der Waals surface area (Å²) in [7, 11) is 2.28. The Morgan fingerprint density at radius 2 is 1.83 bits per heavy atom. The molecule has 9 nitrogen and oxygen atoms in total. The smallest absolute Gasteiger partial charge is 0.304 e. The molecule has 0 bridgehead atoms. The number of alkyl halides is 2. The molecule has 0 spiro atoms. The Morgan fingerprint density at radius 1 is 1.21 bits per heavy atom. The van der Waals surface area contributed by atoms with Gasteiger partial charge < -0.3 is 9.47 Å². The molecule has 0 aromatic carbocycles. The van der Waals surface area contributed by atoms with Crippen LogP contribution in [0.2, 0.25) is 0 Å². The van der Waals surface area contributed by atoms with Crippen LogP contribution in [0.3, 0.4) is 0 Å². The van der Waals surface area contributed by atoms with Crippen LogP contribution in [0.5, 0.6) is 0 Å². The highest BCUT2D eigenvalue weighted by Gasteiger charge is 2.24. The average Bonchev–Trinajstić information content (AvgIpc) is 2.92. The number of halogens is 2. The van der Waals surface area contributed by atoms with E-state index in [0.717, 1.165) is 0 Å². The molecule has 0 aliphatic rings. The summed E-state index contributed by atoms with van der Waals surface area (Å²) in [6, 6.07) is 0. The fraction of sp³-hybridized carbons (Fsp3) is 0.583. The molecule has 2 rings (SSSR count). The van der Waals surface area contributed by atoms with E-state index in [1.807, 2.05) is 21.1 Å². The Kier molecular flexibility index (Phi) is 6.65. The third-order valence-corrected chi connectivity index (χ3v) is 5.32. The Hall–Kier alpha value is -1.12. The monoisotopic (exact) mass is 394 g/mol. The molecule has 0 radical (unpaired) electrons. The Bertz CT molecular complexity index is 725. The molecule has 134 valence electrons. The van der Waals surface area contributed by atoms with Crippen LogP contribution in [-0.4, -0.2) is 58.5 Å². The molecule has 0 atom stereocenters. The van der Waals surface area contributed by atoms with Crippen molar-refractivity contribution in [3.63, 3.8) is 0 Å². The van der Waals surface area contributed by atoms with Gasteiger partial charge in [0, 0.05) is 46.0 Å². The van der Waals surface area contributed by atoms with Crippen LogP contribution in [0, 0.1) is 0 Å². The molecule has 2 heterocycles. The van der Waals surface area contributed by atoms with E-state index in [2.05, 4.69) is 30.2 Å². The maximum absolute atomic E-state index is 13.1. The molecular weight excluding hydrogens is 374 g/mol. The summed E-state index contributed by atoms with van der Waals surface area (Å²) in [6.07, 6.45) is 1.63. The Labute approximate surface area is 150 Å². The molecule has 24 heavy (non-hydrogen) atoms. The van der Waals surface area contributed by atoms with Crippen LogP contribution in [0.4, 0.5) is 11.8 Å². The maximum Gasteiger partial charge on any atom is 0.304 e. The van der Waals surface area contributed by atoms with Crippen molar-refractivity contribution in [1.29, 1.82) is 0 Å². The van der Waals surface area contributed by atoms with Gasteiger partial charge in [-0.05, 0) is 0 Å². The number of hydrogen-bond acceptors (Lipinski definition) is 5. The number of nitrogens with zero attached hydrogens (tertiary/aromatic N) is 5. The van der Waals surface area contributed by atoms with Crippen molar-refractivity contribution in [1.82, 2.24) is 29.7 Å². The zero-order valence-corrected chi connectivity index (χ0v) is 16.2. The average molecular weight is 395 g/mol. The molecule has 0 unspecified atom stereocenters. The van der Waals surface area contributed by atoms with Crippen molar-refractivity contribution in [2.75, 3.05) is 48.9 Å². The molecule has 2 aromatic rings. The molecule has 0 aliphatic carbocycles. The molecule has 3 N–H and O–H groups in total. The number of imidazole rings is 1. The van der Waals surface area contributed by atoms with Gasteiger partial charge in [0.15, 0.2) is 11.5 Å². The van der Waals surface area contributed by atoms with E-state index < -0.39 is 7.59 Å². The lowest BCUT2D eigenvalue weighted by atomic mass is 10.5. The first kappa shape index (κ1) is 19.2. The second-order valence-electron chi connectivity index (χ2n) is 5.21. The molecule has 0 saturated heterocycles. The SMILES string of the molecule is CN(C)c1nc(NP(=O)(NCCCl)NCCCl)c2c(ncn2C)n1. The number of nitrogens with one attached hydrogen (secondary N) is 3. The zero-order valence-electron chi connectivity index (χ0n) is 13.8. The third kappa shape index (κ3) is 4.49. The van der Waals surface area contributed by atoms with E-state index in [1.165, 1.54) is 0 Å². The molecule has 0 aliphatic heterocycles. The summed E-state index contributed by atoms with van der Waals surface area (Å²) in [6.45, 7) is 0.725. The molecule has 2 aromatic heterocycles. The predicted octanol–water partition coefficient (Wildman–Crippen LogP) is 1.61. The first-order chi connectivity index (χ1) is 11.4. The topological polar surface area (TPSA) is 100 Å². The highest BCUT2D eigenvalue weighted by Crippen LogP contribution is 2.38. The summed E-state index contributed by atoms with van der Waals surface area (Å²) < 4.78 is 14.9. The standard InChI is InChI=1S/C12H21Cl2N8OP/c1-21(2)12-18-10-9(22(3)8-15-10)11(19-12)20-24(23,16-6-4-13)17-7-5-14/h8H,4-7H2,1-3H3,(H3,16,17,18,19,20,23). The van der Waals surface area contributed by atoms with Crippen LogP contribution in [-0.2, 0) is 11.6 Å². The Balaban J connectivity index is 2.44. The van der Waals surface area contributed by atoms with E-state index in [9.17, 15) is 4.57 Å². The van der Waals surface area contributed by atoms with Crippen LogP contribution in [0.15, 0.2) is 6.33 Å². The normalized spacial score (nSPS) is 11.9. The minimum absolute atomic E-state index is 0.321. The van der Waals surface area contributed by atoms with Gasteiger partial charge in [-0.15, -0.1) is 23.2 Å². The predicted molar refractivity (Wildman–Crippen MR) is 99.3 cm³/mol. The highest BCUT2D eigenvalue weighted by atomic mass is 35.5. The third-order valence-electron chi connectivity index (χ3n) is 3.08. The van der Waals surface area contributed by atoms with E-state index in [-0.39, 0.29) is 0 Å². The van der Waals surface area contributed by atoms with Crippen LogP contribution in [0.1, 0.15) is 0 Å². The molecule has 0 saturated carbocycles. The first-order valence-corrected chi connectivity index (χ1v) is 10.0. The quantitative estimate of drug-likeness (QED) is 0.435. The van der Waals surface area contributed by atoms with Crippen molar-refractivity contribution in [3.8, 4) is 0 Å². The second-order valence-corrected chi connectivity index (χ2v) is 8.04. The van der Waals surface area contributed by atoms with Crippen molar-refractivity contribution in [2.24, 2.45) is 7.05 Å². The molecular formula is C12H21Cl2N8OP. The summed E-state index contributed by atoms with van der Waals surface area (Å²) >= 11 is 11.4. The minimum Gasteiger partial charge on any atom is -0.347 e. The van der Waals surface area contributed by atoms with Gasteiger partial charge >= 0.3 is 7.59 Å². The number of aromatic nitrogens is 4. The van der Waals surface area contributed by atoms with Gasteiger partial charge in [0.1, 0.15) is 5.52 Å². The van der Waals surface area contributed by atoms with Crippen molar-refractivity contribution < 1.29 is 4.57 Å². The Morgan fingerprint density at radius 3 is 2.38 bits per heavy atom. The number of aryl methyl sites for hydroxylation is 1. The number of rotatable bonds is 9. The van der Waals surface area contributed by atoms with Crippen LogP contribution < -0.4 is 20.2 Å². The minimum atomic E-state index is -3.19. The van der Waals surface area contributed by atoms with Crippen molar-refractivity contribution in [3.05, 3.63) is 6.33 Å². The van der Waals surface area contributed by atoms with Gasteiger partial charge in [0.2, 0.25) is 5.95 Å². The zero-order chi connectivity index (χ0) is 17.7. The van der Waals surface area contributed by atoms with Crippen molar-refractivity contribution in [2.45, 2.75) is 0 Å². The fourth-order valence-corrected chi connectivity index (χ4v) is 4.04. The lowest BCUT2D eigenvalue weighted by molar-refractivity contribution is 0.560. The van der Waals surface area contributed by atoms with E-state index in [1.54, 1.807) is 15.8 Å². The van der Waals surface area contributed by atoms with E-state index in [4.69, 9.17) is 23.2 Å². The largest absolute Gasteiger partial charge is 0.347 e. The maximum atomic E-state index is 13.1. The summed E-state index contributed by atoms with van der Waals surface area (Å²) in [4.78, 5) is 14.8. The summed E-state index contributed by atoms with van der Waals surface area (Å²) in [5.74, 6) is 1.52. The van der Waals surface area contributed by atoms with Gasteiger partial charge in [-0.2, -0.15) is 9.97 Å². The summed E-state index contributed by atoms with van der Waals surface area (Å²) in [5.41, 5.74) is 1.17. The lowest BCUT2D eigenvalue weighted by Crippen LogP contribution is -2.30. The van der Waals surface area contributed by atoms with Crippen LogP contribution >= 0.6 is 30.8 Å². The van der Waals surface area contributed by atoms with Crippen molar-refractivity contribution >= 4 is 53.7 Å². The fourth-order valence-electron chi connectivity index (χ4n) is 2.01. The van der Waals surface area contributed by atoms with Gasteiger partial charge in [-0.3, -0.25) is 9.65 Å². The van der Waals surface area contributed by atoms with Gasteiger partial charge in [-0.25, -0.2) is 15.2 Å². The molecule has 0 amide bonds. The summed E-state index contributed by atoms with van der Waals surface area (Å²) in [5, 5.41) is 8.75. The van der Waals surface area contributed by atoms with Gasteiger partial charge in [0.25, 0.3) is 0 Å². The van der Waals surface area contributed by atoms with Gasteiger partial charge in [0.05, 0.1) is 6.33 Å². The highest BCUT2D eigenvalue weighted by molar-refractivity contribution is 7.61. The number of anilines is 2. The lowest BCUT2D eigenvalue weighted by Gasteiger charge is -2.22. The molecule has 0 fully saturated rings. The van der Waals surface area contributed by atoms with Crippen LogP contribution in [0.25, 0.3) is 11.2 Å². The molecule has 12 heteroatoms. The first-order valence-electron chi connectivity index (χ1n) is 7.27. The van der Waals surface area contributed by atoms with Gasteiger partial charge in [-0.1, -0.05) is 0 Å². The second kappa shape index (κ2) is 8.31. The number of hydrogen-bond donors (Lipinski definition) is 3. The number of fused-ring (bicyclic) bond motifs is 1. The van der Waals surface area contributed by atoms with E-state index >= 15 is 0 Å². The van der Waals surface area contributed by atoms with E-state index in [0.29, 0.717) is 47.8 Å².